The number of nitrogens with one attached hydrogen (secondary N) is 1. The van der Waals surface area contributed by atoms with E-state index in [1.54, 1.807) is 23.2 Å². The molecule has 2 aliphatic rings. The molecule has 6 nitrogen and oxygen atoms in total. The third-order valence-electron chi connectivity index (χ3n) is 5.75. The number of carbonyl (C=O) groups excluding carboxylic acids is 2. The van der Waals surface area contributed by atoms with E-state index in [2.05, 4.69) is 4.99 Å². The van der Waals surface area contributed by atoms with Gasteiger partial charge in [0, 0.05) is 24.7 Å². The van der Waals surface area contributed by atoms with Crippen LogP contribution in [-0.2, 0) is 9.53 Å². The van der Waals surface area contributed by atoms with Crippen molar-refractivity contribution in [2.75, 3.05) is 44.3 Å². The standard InChI is InChI=1S/C24H27N3O3/c1-18-6-4-7-19(16-18)27-23(28)21-9-3-2-8-20(21)22(24(27)29)17-25-10-5-11-26-12-14-30-15-13-26/h2-4,6-9,16-17,22H,5,10-15H2,1H3/p+1/t22-/m1/s1. The molecule has 6 heteroatoms. The number of aliphatic imine (C=N–C) groups is 1. The summed E-state index contributed by atoms with van der Waals surface area (Å²) in [6.07, 6.45) is 2.69. The van der Waals surface area contributed by atoms with Crippen molar-refractivity contribution in [2.24, 2.45) is 4.99 Å². The first-order chi connectivity index (χ1) is 14.6. The zero-order chi connectivity index (χ0) is 20.9. The summed E-state index contributed by atoms with van der Waals surface area (Å²) in [7, 11) is 0. The molecule has 30 heavy (non-hydrogen) atoms. The molecule has 0 bridgehead atoms. The number of hydrogen-bond donors (Lipinski definition) is 1. The lowest BCUT2D eigenvalue weighted by Crippen LogP contribution is -3.14. The smallest absolute Gasteiger partial charge is 0.265 e. The minimum Gasteiger partial charge on any atom is -0.370 e. The van der Waals surface area contributed by atoms with Crippen LogP contribution in [0.5, 0.6) is 0 Å². The molecular formula is C24H28N3O3+. The summed E-state index contributed by atoms with van der Waals surface area (Å²) in [6, 6.07) is 14.8. The Labute approximate surface area is 177 Å². The zero-order valence-electron chi connectivity index (χ0n) is 17.3. The molecule has 0 spiro atoms. The first kappa shape index (κ1) is 20.4. The van der Waals surface area contributed by atoms with Gasteiger partial charge in [0.15, 0.2) is 0 Å². The van der Waals surface area contributed by atoms with Crippen molar-refractivity contribution in [3.63, 3.8) is 0 Å². The second-order valence-corrected chi connectivity index (χ2v) is 7.90. The molecule has 0 radical (unpaired) electrons. The topological polar surface area (TPSA) is 63.4 Å². The number of fused-ring (bicyclic) bond motifs is 1. The highest BCUT2D eigenvalue weighted by atomic mass is 16.5. The average Bonchev–Trinajstić information content (AvgIpc) is 2.76. The number of imide groups is 1. The molecule has 2 heterocycles. The van der Waals surface area contributed by atoms with Gasteiger partial charge in [-0.1, -0.05) is 30.3 Å². The summed E-state index contributed by atoms with van der Waals surface area (Å²) in [5.41, 5.74) is 2.91. The fourth-order valence-corrected chi connectivity index (χ4v) is 4.12. The molecule has 0 aromatic heterocycles. The van der Waals surface area contributed by atoms with E-state index in [0.717, 1.165) is 50.4 Å². The van der Waals surface area contributed by atoms with Crippen molar-refractivity contribution in [1.82, 2.24) is 0 Å². The Hall–Kier alpha value is -2.83. The SMILES string of the molecule is Cc1cccc(N2C(=O)c3ccccc3[C@@H](C=NCCC[NH+]3CCOCC3)C2=O)c1. The van der Waals surface area contributed by atoms with Gasteiger partial charge in [-0.3, -0.25) is 14.6 Å². The Morgan fingerprint density at radius 1 is 1.13 bits per heavy atom. The first-order valence-electron chi connectivity index (χ1n) is 10.6. The first-order valence-corrected chi connectivity index (χ1v) is 10.6. The van der Waals surface area contributed by atoms with Crippen LogP contribution in [0.15, 0.2) is 53.5 Å². The normalized spacial score (nSPS) is 20.0. The molecule has 1 fully saturated rings. The number of amides is 2. The van der Waals surface area contributed by atoms with Crippen LogP contribution in [0.2, 0.25) is 0 Å². The fraction of sp³-hybridized carbons (Fsp3) is 0.375. The maximum Gasteiger partial charge on any atom is 0.265 e. The molecule has 4 rings (SSSR count). The van der Waals surface area contributed by atoms with E-state index >= 15 is 0 Å². The van der Waals surface area contributed by atoms with Gasteiger partial charge >= 0.3 is 0 Å². The molecule has 156 valence electrons. The van der Waals surface area contributed by atoms with Crippen molar-refractivity contribution in [2.45, 2.75) is 19.3 Å². The summed E-state index contributed by atoms with van der Waals surface area (Å²) in [4.78, 5) is 33.8. The second-order valence-electron chi connectivity index (χ2n) is 7.90. The van der Waals surface area contributed by atoms with Gasteiger partial charge in [0.1, 0.15) is 13.1 Å². The van der Waals surface area contributed by atoms with Crippen LogP contribution in [0.4, 0.5) is 5.69 Å². The van der Waals surface area contributed by atoms with Crippen LogP contribution < -0.4 is 9.80 Å². The van der Waals surface area contributed by atoms with Gasteiger partial charge in [0.25, 0.3) is 5.91 Å². The van der Waals surface area contributed by atoms with Crippen LogP contribution in [0.25, 0.3) is 0 Å². The highest BCUT2D eigenvalue weighted by Crippen LogP contribution is 2.32. The molecule has 2 aromatic carbocycles. The molecular weight excluding hydrogens is 378 g/mol. The number of ether oxygens (including phenoxy) is 1. The lowest BCUT2D eigenvalue weighted by atomic mass is 9.88. The van der Waals surface area contributed by atoms with E-state index in [1.807, 2.05) is 43.3 Å². The predicted octanol–water partition coefficient (Wildman–Crippen LogP) is 1.64. The van der Waals surface area contributed by atoms with Gasteiger partial charge in [-0.25, -0.2) is 4.90 Å². The minimum atomic E-state index is -0.546. The number of carbonyl (C=O) groups is 2. The number of morpholine rings is 1. The van der Waals surface area contributed by atoms with Crippen LogP contribution in [-0.4, -0.2) is 57.4 Å². The quantitative estimate of drug-likeness (QED) is 0.451. The number of aryl methyl sites for hydroxylation is 1. The van der Waals surface area contributed by atoms with Crippen molar-refractivity contribution >= 4 is 23.7 Å². The Balaban J connectivity index is 1.51. The largest absolute Gasteiger partial charge is 0.370 e. The second kappa shape index (κ2) is 9.32. The highest BCUT2D eigenvalue weighted by Gasteiger charge is 2.38. The van der Waals surface area contributed by atoms with Crippen LogP contribution in [0.1, 0.15) is 33.8 Å². The minimum absolute atomic E-state index is 0.244. The van der Waals surface area contributed by atoms with Crippen LogP contribution in [0.3, 0.4) is 0 Å². The molecule has 0 aliphatic carbocycles. The van der Waals surface area contributed by atoms with Gasteiger partial charge in [-0.15, -0.1) is 0 Å². The summed E-state index contributed by atoms with van der Waals surface area (Å²) >= 11 is 0. The third kappa shape index (κ3) is 4.35. The van der Waals surface area contributed by atoms with Gasteiger partial charge in [-0.05, 0) is 36.2 Å². The van der Waals surface area contributed by atoms with E-state index in [4.69, 9.17) is 4.74 Å². The maximum absolute atomic E-state index is 13.3. The van der Waals surface area contributed by atoms with Crippen LogP contribution in [0, 0.1) is 6.92 Å². The average molecular weight is 407 g/mol. The maximum atomic E-state index is 13.3. The van der Waals surface area contributed by atoms with E-state index in [-0.39, 0.29) is 11.8 Å². The molecule has 0 saturated carbocycles. The van der Waals surface area contributed by atoms with E-state index < -0.39 is 5.92 Å². The molecule has 1 N–H and O–H groups in total. The molecule has 1 atom stereocenters. The van der Waals surface area contributed by atoms with Gasteiger partial charge in [0.2, 0.25) is 5.91 Å². The Morgan fingerprint density at radius 3 is 2.73 bits per heavy atom. The Kier molecular flexibility index (Phi) is 6.35. The van der Waals surface area contributed by atoms with Crippen molar-refractivity contribution in [3.05, 3.63) is 65.2 Å². The van der Waals surface area contributed by atoms with Crippen molar-refractivity contribution in [1.29, 1.82) is 0 Å². The zero-order valence-corrected chi connectivity index (χ0v) is 17.3. The molecule has 1 saturated heterocycles. The lowest BCUT2D eigenvalue weighted by Gasteiger charge is -2.31. The Bertz CT molecular complexity index is 950. The molecule has 2 aromatic rings. The van der Waals surface area contributed by atoms with E-state index in [0.29, 0.717) is 17.8 Å². The number of hydrogen-bond acceptors (Lipinski definition) is 4. The van der Waals surface area contributed by atoms with Gasteiger partial charge in [0.05, 0.1) is 31.4 Å². The number of rotatable bonds is 6. The third-order valence-corrected chi connectivity index (χ3v) is 5.75. The lowest BCUT2D eigenvalue weighted by molar-refractivity contribution is -0.908. The summed E-state index contributed by atoms with van der Waals surface area (Å²) in [6.45, 7) is 7.44. The predicted molar refractivity (Wildman–Crippen MR) is 117 cm³/mol. The summed E-state index contributed by atoms with van der Waals surface area (Å²) in [5, 5.41) is 0. The number of anilines is 1. The number of nitrogens with zero attached hydrogens (tertiary/aromatic N) is 2. The van der Waals surface area contributed by atoms with Crippen molar-refractivity contribution < 1.29 is 19.2 Å². The fourth-order valence-electron chi connectivity index (χ4n) is 4.12. The molecule has 0 unspecified atom stereocenters. The molecule has 2 amide bonds. The Morgan fingerprint density at radius 2 is 1.93 bits per heavy atom. The van der Waals surface area contributed by atoms with Gasteiger partial charge in [-0.2, -0.15) is 0 Å². The molecule has 2 aliphatic heterocycles. The summed E-state index contributed by atoms with van der Waals surface area (Å²) < 4.78 is 5.39. The monoisotopic (exact) mass is 406 g/mol. The van der Waals surface area contributed by atoms with Crippen molar-refractivity contribution in [3.8, 4) is 0 Å². The van der Waals surface area contributed by atoms with E-state index in [9.17, 15) is 9.59 Å². The van der Waals surface area contributed by atoms with Crippen LogP contribution >= 0.6 is 0 Å². The van der Waals surface area contributed by atoms with E-state index in [1.165, 1.54) is 4.90 Å². The summed E-state index contributed by atoms with van der Waals surface area (Å²) in [5.74, 6) is -1.07. The highest BCUT2D eigenvalue weighted by molar-refractivity contribution is 6.29. The number of quaternary nitrogens is 1. The number of benzene rings is 2. The van der Waals surface area contributed by atoms with Gasteiger partial charge < -0.3 is 9.64 Å².